The monoisotopic (exact) mass is 224 g/mol. The summed E-state index contributed by atoms with van der Waals surface area (Å²) in [4.78, 5) is 8.43. The Labute approximate surface area is 96.4 Å². The van der Waals surface area contributed by atoms with Crippen molar-refractivity contribution in [3.63, 3.8) is 0 Å². The number of nitrogens with one attached hydrogen (secondary N) is 1. The zero-order chi connectivity index (χ0) is 12.3. The van der Waals surface area contributed by atoms with Crippen molar-refractivity contribution in [1.82, 2.24) is 9.97 Å². The summed E-state index contributed by atoms with van der Waals surface area (Å²) in [5.41, 5.74) is 6.29. The normalized spacial score (nSPS) is 11.3. The second-order valence-corrected chi connectivity index (χ2v) is 4.65. The van der Waals surface area contributed by atoms with E-state index in [0.29, 0.717) is 29.8 Å². The molecule has 3 N–H and O–H groups in total. The average Bonchev–Trinajstić information content (AvgIpc) is 2.11. The van der Waals surface area contributed by atoms with Crippen LogP contribution < -0.4 is 15.8 Å². The van der Waals surface area contributed by atoms with Gasteiger partial charge in [-0.2, -0.15) is 4.98 Å². The molecule has 0 aliphatic heterocycles. The summed E-state index contributed by atoms with van der Waals surface area (Å²) in [5.74, 6) is 1.72. The molecule has 0 amide bonds. The zero-order valence-electron chi connectivity index (χ0n) is 10.6. The minimum absolute atomic E-state index is 0.0988. The quantitative estimate of drug-likeness (QED) is 0.821. The Balaban J connectivity index is 3.09. The topological polar surface area (TPSA) is 73.1 Å². The van der Waals surface area contributed by atoms with E-state index in [1.165, 1.54) is 0 Å². The summed E-state index contributed by atoms with van der Waals surface area (Å²) in [5, 5.41) is 3.23. The molecule has 0 aliphatic rings. The van der Waals surface area contributed by atoms with Crippen molar-refractivity contribution in [2.45, 2.75) is 40.2 Å². The predicted molar refractivity (Wildman–Crippen MR) is 65.7 cm³/mol. The molecule has 0 spiro atoms. The fraction of sp³-hybridized carbons (Fsp3) is 0.636. The molecule has 0 bridgehead atoms. The van der Waals surface area contributed by atoms with E-state index in [0.717, 1.165) is 0 Å². The van der Waals surface area contributed by atoms with E-state index in [1.807, 2.05) is 34.6 Å². The largest absolute Gasteiger partial charge is 0.476 e. The van der Waals surface area contributed by atoms with Crippen LogP contribution in [0.3, 0.4) is 0 Å². The number of aryl methyl sites for hydroxylation is 1. The number of anilines is 2. The third-order valence-corrected chi connectivity index (χ3v) is 1.80. The van der Waals surface area contributed by atoms with E-state index in [2.05, 4.69) is 15.3 Å². The van der Waals surface area contributed by atoms with Crippen LogP contribution >= 0.6 is 0 Å². The van der Waals surface area contributed by atoms with Gasteiger partial charge in [-0.1, -0.05) is 0 Å². The van der Waals surface area contributed by atoms with Gasteiger partial charge in [0.1, 0.15) is 11.5 Å². The van der Waals surface area contributed by atoms with Crippen LogP contribution in [0.4, 0.5) is 11.5 Å². The summed E-state index contributed by atoms with van der Waals surface area (Å²) in [6.07, 6.45) is 0. The number of nitrogens with zero attached hydrogens (tertiary/aromatic N) is 2. The lowest BCUT2D eigenvalue weighted by atomic mass is 10.1. The third-order valence-electron chi connectivity index (χ3n) is 1.80. The maximum absolute atomic E-state index is 5.93. The van der Waals surface area contributed by atoms with Gasteiger partial charge in [0.2, 0.25) is 5.88 Å². The number of nitrogens with two attached hydrogens (primary N) is 1. The molecule has 1 rings (SSSR count). The first kappa shape index (κ1) is 12.5. The minimum Gasteiger partial charge on any atom is -0.476 e. The molecule has 0 atom stereocenters. The number of rotatable bonds is 3. The first-order chi connectivity index (χ1) is 7.33. The molecule has 0 radical (unpaired) electrons. The standard InChI is InChI=1S/C11H20N4O/c1-6-16-10-8(12)9(13-7(2)14-10)15-11(3,4)5/h6,12H2,1-5H3,(H,13,14,15). The highest BCUT2D eigenvalue weighted by atomic mass is 16.5. The molecule has 0 saturated carbocycles. The van der Waals surface area contributed by atoms with Gasteiger partial charge in [-0.25, -0.2) is 4.98 Å². The van der Waals surface area contributed by atoms with E-state index < -0.39 is 0 Å². The lowest BCUT2D eigenvalue weighted by molar-refractivity contribution is 0.327. The molecule has 1 aromatic rings. The molecule has 0 aromatic carbocycles. The number of ether oxygens (including phenoxy) is 1. The van der Waals surface area contributed by atoms with E-state index >= 15 is 0 Å². The van der Waals surface area contributed by atoms with Crippen LogP contribution in [0, 0.1) is 6.92 Å². The predicted octanol–water partition coefficient (Wildman–Crippen LogP) is 1.98. The lowest BCUT2D eigenvalue weighted by Crippen LogP contribution is -2.27. The zero-order valence-corrected chi connectivity index (χ0v) is 10.6. The first-order valence-corrected chi connectivity index (χ1v) is 5.38. The minimum atomic E-state index is -0.0988. The third kappa shape index (κ3) is 3.25. The van der Waals surface area contributed by atoms with E-state index in [9.17, 15) is 0 Å². The van der Waals surface area contributed by atoms with E-state index in [1.54, 1.807) is 0 Å². The number of hydrogen-bond acceptors (Lipinski definition) is 5. The van der Waals surface area contributed by atoms with Crippen LogP contribution in [0.5, 0.6) is 5.88 Å². The molecular weight excluding hydrogens is 204 g/mol. The van der Waals surface area contributed by atoms with Crippen LogP contribution in [0.15, 0.2) is 0 Å². The van der Waals surface area contributed by atoms with Gasteiger partial charge in [-0.05, 0) is 34.6 Å². The average molecular weight is 224 g/mol. The van der Waals surface area contributed by atoms with Crippen LogP contribution in [-0.2, 0) is 0 Å². The van der Waals surface area contributed by atoms with Gasteiger partial charge in [-0.3, -0.25) is 0 Å². The van der Waals surface area contributed by atoms with Crippen LogP contribution in [0.25, 0.3) is 0 Å². The molecule has 0 aliphatic carbocycles. The molecule has 0 saturated heterocycles. The molecule has 0 fully saturated rings. The van der Waals surface area contributed by atoms with Gasteiger partial charge < -0.3 is 15.8 Å². The smallest absolute Gasteiger partial charge is 0.242 e. The summed E-state index contributed by atoms with van der Waals surface area (Å²) in [6.45, 7) is 10.4. The maximum atomic E-state index is 5.93. The van der Waals surface area contributed by atoms with Gasteiger partial charge in [0.05, 0.1) is 6.61 Å². The van der Waals surface area contributed by atoms with Crippen LogP contribution in [0.2, 0.25) is 0 Å². The Morgan fingerprint density at radius 1 is 1.31 bits per heavy atom. The Bertz CT molecular complexity index is 371. The molecule has 1 heterocycles. The molecule has 0 unspecified atom stereocenters. The van der Waals surface area contributed by atoms with Gasteiger partial charge in [-0.15, -0.1) is 0 Å². The maximum Gasteiger partial charge on any atom is 0.242 e. The van der Waals surface area contributed by atoms with Crippen molar-refractivity contribution in [3.8, 4) is 5.88 Å². The highest BCUT2D eigenvalue weighted by molar-refractivity contribution is 5.67. The summed E-state index contributed by atoms with van der Waals surface area (Å²) >= 11 is 0. The highest BCUT2D eigenvalue weighted by Crippen LogP contribution is 2.27. The number of nitrogen functional groups attached to an aromatic ring is 1. The number of hydrogen-bond donors (Lipinski definition) is 2. The molecule has 5 nitrogen and oxygen atoms in total. The lowest BCUT2D eigenvalue weighted by Gasteiger charge is -2.23. The molecule has 90 valence electrons. The first-order valence-electron chi connectivity index (χ1n) is 5.38. The van der Waals surface area contributed by atoms with Gasteiger partial charge in [0, 0.05) is 5.54 Å². The fourth-order valence-corrected chi connectivity index (χ4v) is 1.25. The van der Waals surface area contributed by atoms with Gasteiger partial charge >= 0.3 is 0 Å². The van der Waals surface area contributed by atoms with Crippen molar-refractivity contribution >= 4 is 11.5 Å². The van der Waals surface area contributed by atoms with Crippen molar-refractivity contribution < 1.29 is 4.74 Å². The van der Waals surface area contributed by atoms with E-state index in [4.69, 9.17) is 10.5 Å². The van der Waals surface area contributed by atoms with Gasteiger partial charge in [0.25, 0.3) is 0 Å². The Morgan fingerprint density at radius 3 is 2.44 bits per heavy atom. The molecular formula is C11H20N4O. The van der Waals surface area contributed by atoms with Gasteiger partial charge in [0.15, 0.2) is 5.82 Å². The van der Waals surface area contributed by atoms with Crippen molar-refractivity contribution in [1.29, 1.82) is 0 Å². The second kappa shape index (κ2) is 4.55. The molecule has 5 heteroatoms. The van der Waals surface area contributed by atoms with Crippen molar-refractivity contribution in [2.75, 3.05) is 17.7 Å². The summed E-state index contributed by atoms with van der Waals surface area (Å²) < 4.78 is 5.36. The van der Waals surface area contributed by atoms with Crippen molar-refractivity contribution in [2.24, 2.45) is 0 Å². The SMILES string of the molecule is CCOc1nc(C)nc(NC(C)(C)C)c1N. The molecule has 16 heavy (non-hydrogen) atoms. The van der Waals surface area contributed by atoms with Crippen molar-refractivity contribution in [3.05, 3.63) is 5.82 Å². The van der Waals surface area contributed by atoms with Crippen LogP contribution in [-0.4, -0.2) is 22.1 Å². The summed E-state index contributed by atoms with van der Waals surface area (Å²) in [6, 6.07) is 0. The molecule has 1 aromatic heterocycles. The highest BCUT2D eigenvalue weighted by Gasteiger charge is 2.16. The van der Waals surface area contributed by atoms with Crippen LogP contribution in [0.1, 0.15) is 33.5 Å². The Hall–Kier alpha value is -1.52. The summed E-state index contributed by atoms with van der Waals surface area (Å²) in [7, 11) is 0. The van der Waals surface area contributed by atoms with E-state index in [-0.39, 0.29) is 5.54 Å². The number of aromatic nitrogens is 2. The Kier molecular flexibility index (Phi) is 3.57. The Morgan fingerprint density at radius 2 is 1.94 bits per heavy atom. The second-order valence-electron chi connectivity index (χ2n) is 4.65. The fourth-order valence-electron chi connectivity index (χ4n) is 1.25.